The van der Waals surface area contributed by atoms with Crippen LogP contribution in [0.4, 0.5) is 0 Å². The van der Waals surface area contributed by atoms with Crippen molar-refractivity contribution in [1.29, 1.82) is 5.41 Å². The Morgan fingerprint density at radius 3 is 2.29 bits per heavy atom. The summed E-state index contributed by atoms with van der Waals surface area (Å²) in [5, 5.41) is 6.58. The van der Waals surface area contributed by atoms with E-state index in [1.807, 2.05) is 0 Å². The number of hydrogen-bond donors (Lipinski definition) is 1. The van der Waals surface area contributed by atoms with Crippen molar-refractivity contribution in [2.24, 2.45) is 0 Å². The zero-order valence-corrected chi connectivity index (χ0v) is 6.29. The Kier molecular flexibility index (Phi) is 14.1. The molecule has 0 aliphatic heterocycles. The van der Waals surface area contributed by atoms with Gasteiger partial charge in [-0.05, 0) is 19.1 Å². The average molecular weight is 186 g/mol. The van der Waals surface area contributed by atoms with Crippen molar-refractivity contribution in [3.63, 3.8) is 0 Å². The van der Waals surface area contributed by atoms with Crippen LogP contribution in [0.2, 0.25) is 0 Å². The van der Waals surface area contributed by atoms with Crippen LogP contribution in [0.25, 0.3) is 0 Å². The summed E-state index contributed by atoms with van der Waals surface area (Å²) in [4.78, 5) is 0. The van der Waals surface area contributed by atoms with Crippen LogP contribution in [0.5, 0.6) is 0 Å². The van der Waals surface area contributed by atoms with E-state index in [1.165, 1.54) is 19.1 Å². The molecule has 0 unspecified atom stereocenters. The summed E-state index contributed by atoms with van der Waals surface area (Å²) in [6, 6.07) is 0. The van der Waals surface area contributed by atoms with E-state index in [0.717, 1.165) is 6.42 Å². The third-order valence-corrected chi connectivity index (χ3v) is 0.702. The SMILES string of the molecule is CCCCC=N.[Ru]. The van der Waals surface area contributed by atoms with Crippen LogP contribution in [0, 0.1) is 5.41 Å². The Morgan fingerprint density at radius 1 is 1.57 bits per heavy atom. The fourth-order valence-corrected chi connectivity index (χ4v) is 0.306. The number of hydrogen-bond acceptors (Lipinski definition) is 1. The summed E-state index contributed by atoms with van der Waals surface area (Å²) >= 11 is 0. The van der Waals surface area contributed by atoms with Gasteiger partial charge in [-0.3, -0.25) is 0 Å². The molecule has 0 amide bonds. The van der Waals surface area contributed by atoms with Gasteiger partial charge in [-0.25, -0.2) is 0 Å². The predicted octanol–water partition coefficient (Wildman–Crippen LogP) is 1.82. The van der Waals surface area contributed by atoms with Crippen LogP contribution >= 0.6 is 0 Å². The monoisotopic (exact) mass is 187 g/mol. The standard InChI is InChI=1S/C5H11N.Ru/c1-2-3-4-5-6;/h5-6H,2-4H2,1H3;. The van der Waals surface area contributed by atoms with Crippen molar-refractivity contribution in [1.82, 2.24) is 0 Å². The van der Waals surface area contributed by atoms with E-state index in [1.54, 1.807) is 0 Å². The first-order chi connectivity index (χ1) is 2.91. The third kappa shape index (κ3) is 10.7. The minimum Gasteiger partial charge on any atom is -0.313 e. The van der Waals surface area contributed by atoms with Gasteiger partial charge in [0.2, 0.25) is 0 Å². The van der Waals surface area contributed by atoms with Crippen molar-refractivity contribution in [2.45, 2.75) is 26.2 Å². The summed E-state index contributed by atoms with van der Waals surface area (Å²) in [5.74, 6) is 0. The van der Waals surface area contributed by atoms with Crippen molar-refractivity contribution >= 4 is 6.21 Å². The number of rotatable bonds is 3. The Balaban J connectivity index is 0. The predicted molar refractivity (Wildman–Crippen MR) is 28.3 cm³/mol. The molecule has 0 aromatic rings. The molecule has 1 N–H and O–H groups in total. The molecule has 0 fully saturated rings. The van der Waals surface area contributed by atoms with Crippen molar-refractivity contribution < 1.29 is 19.5 Å². The molecule has 0 saturated carbocycles. The smallest absolute Gasteiger partial charge is 0 e. The van der Waals surface area contributed by atoms with Gasteiger partial charge in [-0.1, -0.05) is 13.3 Å². The minimum atomic E-state index is 0. The fraction of sp³-hybridized carbons (Fsp3) is 0.800. The van der Waals surface area contributed by atoms with Crippen LogP contribution < -0.4 is 0 Å². The molecule has 0 spiro atoms. The first kappa shape index (κ1) is 10.3. The topological polar surface area (TPSA) is 23.9 Å². The zero-order valence-electron chi connectivity index (χ0n) is 4.55. The normalized spacial score (nSPS) is 7.00. The Labute approximate surface area is 57.8 Å². The van der Waals surface area contributed by atoms with E-state index in [9.17, 15) is 0 Å². The quantitative estimate of drug-likeness (QED) is 0.395. The Hall–Kier alpha value is 0.293. The molecule has 0 bridgehead atoms. The Morgan fingerprint density at radius 2 is 2.14 bits per heavy atom. The molecule has 0 radical (unpaired) electrons. The summed E-state index contributed by atoms with van der Waals surface area (Å²) in [6.45, 7) is 2.13. The molecule has 0 heterocycles. The average Bonchev–Trinajstić information content (AvgIpc) is 1.61. The Bertz CT molecular complexity index is 37.1. The molecule has 0 aromatic carbocycles. The van der Waals surface area contributed by atoms with E-state index in [4.69, 9.17) is 5.41 Å². The molecule has 0 atom stereocenters. The molecule has 0 aromatic heterocycles. The molecular weight excluding hydrogens is 175 g/mol. The maximum absolute atomic E-state index is 6.58. The van der Waals surface area contributed by atoms with Crippen LogP contribution in [-0.4, -0.2) is 6.21 Å². The minimum absolute atomic E-state index is 0. The van der Waals surface area contributed by atoms with E-state index in [0.29, 0.717) is 0 Å². The molecule has 44 valence electrons. The van der Waals surface area contributed by atoms with Gasteiger partial charge in [0.05, 0.1) is 0 Å². The van der Waals surface area contributed by atoms with Crippen LogP contribution in [0.3, 0.4) is 0 Å². The van der Waals surface area contributed by atoms with Gasteiger partial charge in [0.25, 0.3) is 0 Å². The summed E-state index contributed by atoms with van der Waals surface area (Å²) in [5.41, 5.74) is 0. The first-order valence-electron chi connectivity index (χ1n) is 2.40. The molecule has 0 aliphatic rings. The van der Waals surface area contributed by atoms with Gasteiger partial charge < -0.3 is 5.41 Å². The second kappa shape index (κ2) is 9.57. The number of unbranched alkanes of at least 4 members (excludes halogenated alkanes) is 2. The third-order valence-electron chi connectivity index (χ3n) is 0.702. The molecule has 1 nitrogen and oxygen atoms in total. The molecular formula is C5H11NRu. The van der Waals surface area contributed by atoms with Gasteiger partial charge >= 0.3 is 0 Å². The van der Waals surface area contributed by atoms with E-state index >= 15 is 0 Å². The summed E-state index contributed by atoms with van der Waals surface area (Å²) in [6.07, 6.45) is 4.79. The molecule has 0 rings (SSSR count). The van der Waals surface area contributed by atoms with Crippen LogP contribution in [-0.2, 0) is 19.5 Å². The second-order valence-corrected chi connectivity index (χ2v) is 1.35. The fourth-order valence-electron chi connectivity index (χ4n) is 0.306. The summed E-state index contributed by atoms with van der Waals surface area (Å²) < 4.78 is 0. The van der Waals surface area contributed by atoms with Gasteiger partial charge in [-0.2, -0.15) is 0 Å². The first-order valence-corrected chi connectivity index (χ1v) is 2.40. The van der Waals surface area contributed by atoms with Crippen molar-refractivity contribution in [3.8, 4) is 0 Å². The van der Waals surface area contributed by atoms with Gasteiger partial charge in [-0.15, -0.1) is 0 Å². The molecule has 7 heavy (non-hydrogen) atoms. The molecule has 0 aliphatic carbocycles. The molecule has 2 heteroatoms. The largest absolute Gasteiger partial charge is 0.313 e. The van der Waals surface area contributed by atoms with Gasteiger partial charge in [0, 0.05) is 19.5 Å². The zero-order chi connectivity index (χ0) is 4.83. The van der Waals surface area contributed by atoms with Crippen LogP contribution in [0.15, 0.2) is 0 Å². The van der Waals surface area contributed by atoms with Crippen molar-refractivity contribution in [3.05, 3.63) is 0 Å². The maximum atomic E-state index is 6.58. The number of nitrogens with one attached hydrogen (secondary N) is 1. The van der Waals surface area contributed by atoms with E-state index < -0.39 is 0 Å². The second-order valence-electron chi connectivity index (χ2n) is 1.35. The van der Waals surface area contributed by atoms with Crippen molar-refractivity contribution in [2.75, 3.05) is 0 Å². The maximum Gasteiger partial charge on any atom is 0 e. The van der Waals surface area contributed by atoms with E-state index in [-0.39, 0.29) is 19.5 Å². The van der Waals surface area contributed by atoms with Crippen LogP contribution in [0.1, 0.15) is 26.2 Å². The summed E-state index contributed by atoms with van der Waals surface area (Å²) in [7, 11) is 0. The van der Waals surface area contributed by atoms with E-state index in [2.05, 4.69) is 6.92 Å². The van der Waals surface area contributed by atoms with Gasteiger partial charge in [0.1, 0.15) is 0 Å². The molecule has 0 saturated heterocycles. The van der Waals surface area contributed by atoms with Gasteiger partial charge in [0.15, 0.2) is 0 Å².